The van der Waals surface area contributed by atoms with Gasteiger partial charge in [-0.3, -0.25) is 9.59 Å². The van der Waals surface area contributed by atoms with E-state index in [2.05, 4.69) is 10.6 Å². The molecular formula is C20H25N3O2. The van der Waals surface area contributed by atoms with Crippen molar-refractivity contribution in [1.29, 1.82) is 0 Å². The van der Waals surface area contributed by atoms with Gasteiger partial charge in [0.05, 0.1) is 6.54 Å². The van der Waals surface area contributed by atoms with Crippen molar-refractivity contribution < 1.29 is 9.59 Å². The lowest BCUT2D eigenvalue weighted by Gasteiger charge is -2.18. The number of carbonyl (C=O) groups is 2. The third kappa shape index (κ3) is 5.95. The van der Waals surface area contributed by atoms with E-state index in [0.717, 1.165) is 17.1 Å². The maximum atomic E-state index is 12.2. The minimum Gasteiger partial charge on any atom is -0.376 e. The van der Waals surface area contributed by atoms with Crippen LogP contribution < -0.4 is 15.5 Å². The minimum absolute atomic E-state index is 0.00960. The molecule has 0 fully saturated rings. The minimum atomic E-state index is -0.0273. The van der Waals surface area contributed by atoms with Gasteiger partial charge in [0.15, 0.2) is 0 Å². The van der Waals surface area contributed by atoms with Gasteiger partial charge >= 0.3 is 0 Å². The van der Waals surface area contributed by atoms with E-state index < -0.39 is 0 Å². The van der Waals surface area contributed by atoms with E-state index in [1.807, 2.05) is 68.4 Å². The molecule has 2 N–H and O–H groups in total. The summed E-state index contributed by atoms with van der Waals surface area (Å²) in [6.07, 6.45) is 0.500. The molecule has 0 saturated heterocycles. The Morgan fingerprint density at radius 3 is 2.16 bits per heavy atom. The quantitative estimate of drug-likeness (QED) is 0.808. The van der Waals surface area contributed by atoms with E-state index in [9.17, 15) is 9.59 Å². The highest BCUT2D eigenvalue weighted by Gasteiger charge is 2.10. The topological polar surface area (TPSA) is 61.4 Å². The second-order valence-electron chi connectivity index (χ2n) is 6.37. The average Bonchev–Trinajstić information content (AvgIpc) is 2.60. The summed E-state index contributed by atoms with van der Waals surface area (Å²) in [5, 5.41) is 5.97. The Balaban J connectivity index is 1.85. The molecule has 0 heterocycles. The van der Waals surface area contributed by atoms with Crippen LogP contribution in [0.1, 0.15) is 20.3 Å². The Morgan fingerprint density at radius 2 is 1.56 bits per heavy atom. The van der Waals surface area contributed by atoms with Gasteiger partial charge in [0.1, 0.15) is 0 Å². The third-order valence-corrected chi connectivity index (χ3v) is 3.72. The Labute approximate surface area is 149 Å². The predicted molar refractivity (Wildman–Crippen MR) is 103 cm³/mol. The second-order valence-corrected chi connectivity index (χ2v) is 6.37. The Hall–Kier alpha value is -2.82. The van der Waals surface area contributed by atoms with Crippen LogP contribution in [-0.4, -0.2) is 25.4 Å². The SMILES string of the molecule is CC(C)CC(=O)Nc1ccc(NCC(=O)N(C)c2ccccc2)cc1. The maximum Gasteiger partial charge on any atom is 0.246 e. The summed E-state index contributed by atoms with van der Waals surface area (Å²) in [5.41, 5.74) is 2.44. The number of rotatable bonds is 7. The molecule has 0 saturated carbocycles. The number of anilines is 3. The molecule has 0 spiro atoms. The fourth-order valence-electron chi connectivity index (χ4n) is 2.35. The molecule has 0 aliphatic rings. The van der Waals surface area contributed by atoms with E-state index in [0.29, 0.717) is 12.3 Å². The molecule has 5 nitrogen and oxygen atoms in total. The smallest absolute Gasteiger partial charge is 0.246 e. The third-order valence-electron chi connectivity index (χ3n) is 3.72. The summed E-state index contributed by atoms with van der Waals surface area (Å²) in [7, 11) is 1.76. The van der Waals surface area contributed by atoms with Crippen molar-refractivity contribution >= 4 is 28.9 Å². The number of nitrogens with zero attached hydrogens (tertiary/aromatic N) is 1. The number of likely N-dealkylation sites (N-methyl/N-ethyl adjacent to an activating group) is 1. The van der Waals surface area contributed by atoms with Gasteiger partial charge in [0.25, 0.3) is 0 Å². The molecule has 2 aromatic rings. The first-order valence-electron chi connectivity index (χ1n) is 8.41. The standard InChI is InChI=1S/C20H25N3O2/c1-15(2)13-19(24)22-17-11-9-16(10-12-17)21-14-20(25)23(3)18-7-5-4-6-8-18/h4-12,15,21H,13-14H2,1-3H3,(H,22,24). The largest absolute Gasteiger partial charge is 0.376 e. The molecule has 5 heteroatoms. The van der Waals surface area contributed by atoms with Gasteiger partial charge in [-0.2, -0.15) is 0 Å². The van der Waals surface area contributed by atoms with Crippen molar-refractivity contribution in [3.05, 3.63) is 54.6 Å². The molecular weight excluding hydrogens is 314 g/mol. The lowest BCUT2D eigenvalue weighted by atomic mass is 10.1. The maximum absolute atomic E-state index is 12.2. The normalized spacial score (nSPS) is 10.4. The van der Waals surface area contributed by atoms with Crippen LogP contribution in [0.15, 0.2) is 54.6 Å². The van der Waals surface area contributed by atoms with Gasteiger partial charge in [-0.1, -0.05) is 32.0 Å². The summed E-state index contributed by atoms with van der Waals surface area (Å²) in [6, 6.07) is 16.9. The van der Waals surface area contributed by atoms with Crippen LogP contribution in [0.2, 0.25) is 0 Å². The molecule has 25 heavy (non-hydrogen) atoms. The molecule has 0 aliphatic carbocycles. The molecule has 132 valence electrons. The first-order valence-corrected chi connectivity index (χ1v) is 8.41. The molecule has 2 amide bonds. The molecule has 2 rings (SSSR count). The number of amides is 2. The van der Waals surface area contributed by atoms with Gasteiger partial charge in [-0.15, -0.1) is 0 Å². The van der Waals surface area contributed by atoms with E-state index in [4.69, 9.17) is 0 Å². The van der Waals surface area contributed by atoms with Gasteiger partial charge in [-0.05, 0) is 42.3 Å². The summed E-state index contributed by atoms with van der Waals surface area (Å²) < 4.78 is 0. The van der Waals surface area contributed by atoms with E-state index in [1.54, 1.807) is 11.9 Å². The fourth-order valence-corrected chi connectivity index (χ4v) is 2.35. The van der Waals surface area contributed by atoms with E-state index >= 15 is 0 Å². The van der Waals surface area contributed by atoms with Crippen molar-refractivity contribution in [2.45, 2.75) is 20.3 Å². The van der Waals surface area contributed by atoms with Crippen molar-refractivity contribution in [3.63, 3.8) is 0 Å². The lowest BCUT2D eigenvalue weighted by Crippen LogP contribution is -2.32. The first-order chi connectivity index (χ1) is 12.0. The van der Waals surface area contributed by atoms with Crippen molar-refractivity contribution in [2.24, 2.45) is 5.92 Å². The predicted octanol–water partition coefficient (Wildman–Crippen LogP) is 3.75. The highest BCUT2D eigenvalue weighted by molar-refractivity contribution is 5.95. The number of hydrogen-bond donors (Lipinski definition) is 2. The molecule has 0 atom stereocenters. The van der Waals surface area contributed by atoms with Crippen LogP contribution in [0.5, 0.6) is 0 Å². The Morgan fingerprint density at radius 1 is 0.960 bits per heavy atom. The zero-order valence-corrected chi connectivity index (χ0v) is 15.0. The van der Waals surface area contributed by atoms with Crippen LogP contribution in [0.25, 0.3) is 0 Å². The van der Waals surface area contributed by atoms with Gasteiger partial charge in [0, 0.05) is 30.5 Å². The van der Waals surface area contributed by atoms with Crippen LogP contribution in [0, 0.1) is 5.92 Å². The van der Waals surface area contributed by atoms with E-state index in [1.165, 1.54) is 0 Å². The number of hydrogen-bond acceptors (Lipinski definition) is 3. The summed E-state index contributed by atoms with van der Waals surface area (Å²) in [4.78, 5) is 25.6. The van der Waals surface area contributed by atoms with Crippen LogP contribution in [-0.2, 0) is 9.59 Å². The zero-order valence-electron chi connectivity index (χ0n) is 15.0. The summed E-state index contributed by atoms with van der Waals surface area (Å²) in [6.45, 7) is 4.22. The number of para-hydroxylation sites is 1. The summed E-state index contributed by atoms with van der Waals surface area (Å²) in [5.74, 6) is 0.310. The Kier molecular flexibility index (Phi) is 6.57. The van der Waals surface area contributed by atoms with Crippen LogP contribution in [0.4, 0.5) is 17.1 Å². The monoisotopic (exact) mass is 339 g/mol. The van der Waals surface area contributed by atoms with Crippen molar-refractivity contribution in [1.82, 2.24) is 0 Å². The zero-order chi connectivity index (χ0) is 18.2. The molecule has 2 aromatic carbocycles. The molecule has 0 unspecified atom stereocenters. The number of nitrogens with one attached hydrogen (secondary N) is 2. The van der Waals surface area contributed by atoms with Gasteiger partial charge < -0.3 is 15.5 Å². The number of carbonyl (C=O) groups excluding carboxylic acids is 2. The second kappa shape index (κ2) is 8.87. The van der Waals surface area contributed by atoms with Gasteiger partial charge in [-0.25, -0.2) is 0 Å². The van der Waals surface area contributed by atoms with Crippen LogP contribution in [0.3, 0.4) is 0 Å². The van der Waals surface area contributed by atoms with Gasteiger partial charge in [0.2, 0.25) is 11.8 Å². The van der Waals surface area contributed by atoms with Crippen molar-refractivity contribution in [3.8, 4) is 0 Å². The lowest BCUT2D eigenvalue weighted by molar-refractivity contribution is -0.117. The van der Waals surface area contributed by atoms with E-state index in [-0.39, 0.29) is 18.4 Å². The van der Waals surface area contributed by atoms with Crippen LogP contribution >= 0.6 is 0 Å². The number of benzene rings is 2. The highest BCUT2D eigenvalue weighted by atomic mass is 16.2. The average molecular weight is 339 g/mol. The highest BCUT2D eigenvalue weighted by Crippen LogP contribution is 2.15. The first kappa shape index (κ1) is 18.5. The molecule has 0 aliphatic heterocycles. The Bertz CT molecular complexity index is 697. The molecule has 0 bridgehead atoms. The molecule has 0 aromatic heterocycles. The fraction of sp³-hybridized carbons (Fsp3) is 0.300. The van der Waals surface area contributed by atoms with Crippen molar-refractivity contribution in [2.75, 3.05) is 29.1 Å². The summed E-state index contributed by atoms with van der Waals surface area (Å²) >= 11 is 0. The molecule has 0 radical (unpaired) electrons.